The highest BCUT2D eigenvalue weighted by Gasteiger charge is 2.21. The lowest BCUT2D eigenvalue weighted by atomic mass is 10.1. The third kappa shape index (κ3) is 1.85. The van der Waals surface area contributed by atoms with Crippen LogP contribution in [0.4, 0.5) is 5.00 Å². The Kier molecular flexibility index (Phi) is 3.02. The number of nitrogen functional groups attached to an aromatic ring is 1. The Labute approximate surface area is 104 Å². The molecule has 0 saturated carbocycles. The van der Waals surface area contributed by atoms with Crippen molar-refractivity contribution in [3.8, 4) is 11.3 Å². The van der Waals surface area contributed by atoms with Gasteiger partial charge in [0, 0.05) is 10.9 Å². The fraction of sp³-hybridized carbons (Fsp3) is 0.100. The fourth-order valence-corrected chi connectivity index (χ4v) is 2.42. The van der Waals surface area contributed by atoms with Gasteiger partial charge in [0.25, 0.3) is 0 Å². The molecule has 0 spiro atoms. The maximum absolute atomic E-state index is 11.5. The van der Waals surface area contributed by atoms with Crippen LogP contribution in [0, 0.1) is 0 Å². The van der Waals surface area contributed by atoms with E-state index in [1.807, 2.05) is 0 Å². The minimum Gasteiger partial charge on any atom is -0.465 e. The maximum Gasteiger partial charge on any atom is 0.341 e. The van der Waals surface area contributed by atoms with Crippen LogP contribution in [0.5, 0.6) is 0 Å². The third-order valence-corrected chi connectivity index (χ3v) is 3.29. The lowest BCUT2D eigenvalue weighted by Crippen LogP contribution is -2.04. The molecule has 0 aromatic carbocycles. The van der Waals surface area contributed by atoms with Gasteiger partial charge >= 0.3 is 5.97 Å². The molecule has 2 aromatic heterocycles. The number of rotatable bonds is 2. The van der Waals surface area contributed by atoms with Gasteiger partial charge in [-0.15, -0.1) is 11.3 Å². The predicted octanol–water partition coefficient (Wildman–Crippen LogP) is 3.14. The summed E-state index contributed by atoms with van der Waals surface area (Å²) in [6.07, 6.45) is 0. The highest BCUT2D eigenvalue weighted by atomic mass is 79.9. The lowest BCUT2D eigenvalue weighted by Gasteiger charge is -2.00. The average Bonchev–Trinajstić information content (AvgIpc) is 2.83. The molecule has 2 aromatic rings. The summed E-state index contributed by atoms with van der Waals surface area (Å²) in [5.74, 6) is 0.126. The van der Waals surface area contributed by atoms with Crippen molar-refractivity contribution >= 4 is 38.2 Å². The number of carbonyl (C=O) groups is 1. The van der Waals surface area contributed by atoms with E-state index in [0.717, 1.165) is 0 Å². The van der Waals surface area contributed by atoms with Crippen LogP contribution in [0.1, 0.15) is 10.4 Å². The van der Waals surface area contributed by atoms with Crippen LogP contribution < -0.4 is 5.73 Å². The average molecular weight is 302 g/mol. The SMILES string of the molecule is COC(=O)c1c(-c2ccc(Br)o2)csc1N. The number of anilines is 1. The van der Waals surface area contributed by atoms with Crippen molar-refractivity contribution in [1.82, 2.24) is 0 Å². The van der Waals surface area contributed by atoms with E-state index in [1.165, 1.54) is 18.4 Å². The van der Waals surface area contributed by atoms with E-state index < -0.39 is 5.97 Å². The first-order chi connectivity index (χ1) is 7.63. The van der Waals surface area contributed by atoms with Crippen LogP contribution in [0.2, 0.25) is 0 Å². The van der Waals surface area contributed by atoms with Crippen molar-refractivity contribution in [3.05, 3.63) is 27.7 Å². The number of halogens is 1. The second-order valence-electron chi connectivity index (χ2n) is 2.98. The normalized spacial score (nSPS) is 10.4. The van der Waals surface area contributed by atoms with Gasteiger partial charge in [-0.05, 0) is 28.1 Å². The Hall–Kier alpha value is -1.27. The predicted molar refractivity (Wildman–Crippen MR) is 65.5 cm³/mol. The van der Waals surface area contributed by atoms with E-state index in [4.69, 9.17) is 10.2 Å². The van der Waals surface area contributed by atoms with Crippen LogP contribution >= 0.6 is 27.3 Å². The molecule has 0 aliphatic rings. The molecule has 0 fully saturated rings. The van der Waals surface area contributed by atoms with E-state index in [-0.39, 0.29) is 0 Å². The standard InChI is InChI=1S/C10H8BrNO3S/c1-14-10(13)8-5(4-16-9(8)12)6-2-3-7(11)15-6/h2-4H,12H2,1H3. The monoisotopic (exact) mass is 301 g/mol. The van der Waals surface area contributed by atoms with E-state index in [2.05, 4.69) is 20.7 Å². The summed E-state index contributed by atoms with van der Waals surface area (Å²) >= 11 is 4.48. The highest BCUT2D eigenvalue weighted by molar-refractivity contribution is 9.10. The molecular formula is C10H8BrNO3S. The zero-order valence-corrected chi connectivity index (χ0v) is 10.7. The van der Waals surface area contributed by atoms with Crippen molar-refractivity contribution in [2.75, 3.05) is 12.8 Å². The molecule has 2 rings (SSSR count). The number of nitrogens with two attached hydrogens (primary N) is 1. The molecule has 0 amide bonds. The second kappa shape index (κ2) is 4.31. The molecule has 2 N–H and O–H groups in total. The molecule has 0 atom stereocenters. The number of hydrogen-bond donors (Lipinski definition) is 1. The second-order valence-corrected chi connectivity index (χ2v) is 4.68. The number of carbonyl (C=O) groups excluding carboxylic acids is 1. The molecule has 0 unspecified atom stereocenters. The Morgan fingerprint density at radius 1 is 1.56 bits per heavy atom. The number of hydrogen-bond acceptors (Lipinski definition) is 5. The maximum atomic E-state index is 11.5. The highest BCUT2D eigenvalue weighted by Crippen LogP contribution is 2.35. The van der Waals surface area contributed by atoms with Crippen molar-refractivity contribution in [3.63, 3.8) is 0 Å². The summed E-state index contributed by atoms with van der Waals surface area (Å²) in [4.78, 5) is 11.5. The quantitative estimate of drug-likeness (QED) is 0.866. The molecule has 0 aliphatic heterocycles. The van der Waals surface area contributed by atoms with Crippen molar-refractivity contribution in [2.24, 2.45) is 0 Å². The summed E-state index contributed by atoms with van der Waals surface area (Å²) < 4.78 is 10.7. The molecule has 0 radical (unpaired) electrons. The lowest BCUT2D eigenvalue weighted by molar-refractivity contribution is 0.0603. The van der Waals surface area contributed by atoms with Gasteiger partial charge in [-0.1, -0.05) is 0 Å². The van der Waals surface area contributed by atoms with Crippen LogP contribution in [-0.2, 0) is 4.74 Å². The first-order valence-corrected chi connectivity index (χ1v) is 6.01. The summed E-state index contributed by atoms with van der Waals surface area (Å²) in [5, 5.41) is 2.20. The Morgan fingerprint density at radius 3 is 2.88 bits per heavy atom. The van der Waals surface area contributed by atoms with E-state index in [9.17, 15) is 4.79 Å². The molecule has 6 heteroatoms. The van der Waals surface area contributed by atoms with Gasteiger partial charge in [0.1, 0.15) is 16.3 Å². The van der Waals surface area contributed by atoms with Crippen molar-refractivity contribution < 1.29 is 13.9 Å². The van der Waals surface area contributed by atoms with Gasteiger partial charge in [-0.3, -0.25) is 0 Å². The van der Waals surface area contributed by atoms with Gasteiger partial charge in [-0.2, -0.15) is 0 Å². The van der Waals surface area contributed by atoms with Crippen molar-refractivity contribution in [2.45, 2.75) is 0 Å². The van der Waals surface area contributed by atoms with Gasteiger partial charge in [0.15, 0.2) is 4.67 Å². The van der Waals surface area contributed by atoms with Gasteiger partial charge in [-0.25, -0.2) is 4.79 Å². The number of ether oxygens (including phenoxy) is 1. The summed E-state index contributed by atoms with van der Waals surface area (Å²) in [7, 11) is 1.32. The number of furan rings is 1. The zero-order chi connectivity index (χ0) is 11.7. The molecule has 0 saturated heterocycles. The third-order valence-electron chi connectivity index (χ3n) is 2.05. The Balaban J connectivity index is 2.53. The Bertz CT molecular complexity index is 532. The fourth-order valence-electron chi connectivity index (χ4n) is 1.33. The minimum atomic E-state index is -0.457. The molecule has 0 bridgehead atoms. The van der Waals surface area contributed by atoms with Crippen LogP contribution in [0.15, 0.2) is 26.6 Å². The molecule has 4 nitrogen and oxygen atoms in total. The van der Waals surface area contributed by atoms with E-state index in [1.54, 1.807) is 17.5 Å². The van der Waals surface area contributed by atoms with E-state index in [0.29, 0.717) is 26.6 Å². The molecule has 2 heterocycles. The summed E-state index contributed by atoms with van der Waals surface area (Å²) in [5.41, 5.74) is 6.74. The zero-order valence-electron chi connectivity index (χ0n) is 8.32. The Morgan fingerprint density at radius 2 is 2.31 bits per heavy atom. The molecule has 0 aliphatic carbocycles. The number of thiophene rings is 1. The first kappa shape index (κ1) is 11.2. The van der Waals surface area contributed by atoms with Crippen LogP contribution in [-0.4, -0.2) is 13.1 Å². The first-order valence-electron chi connectivity index (χ1n) is 4.34. The summed E-state index contributed by atoms with van der Waals surface area (Å²) in [6, 6.07) is 3.52. The van der Waals surface area contributed by atoms with Crippen molar-refractivity contribution in [1.29, 1.82) is 0 Å². The van der Waals surface area contributed by atoms with Gasteiger partial charge < -0.3 is 14.9 Å². The molecular weight excluding hydrogens is 294 g/mol. The van der Waals surface area contributed by atoms with Gasteiger partial charge in [0.2, 0.25) is 0 Å². The van der Waals surface area contributed by atoms with E-state index >= 15 is 0 Å². The molecule has 16 heavy (non-hydrogen) atoms. The van der Waals surface area contributed by atoms with Crippen LogP contribution in [0.25, 0.3) is 11.3 Å². The smallest absolute Gasteiger partial charge is 0.341 e. The topological polar surface area (TPSA) is 65.5 Å². The number of methoxy groups -OCH3 is 1. The minimum absolute atomic E-state index is 0.356. The van der Waals surface area contributed by atoms with Crippen LogP contribution in [0.3, 0.4) is 0 Å². The molecule has 84 valence electrons. The number of esters is 1. The van der Waals surface area contributed by atoms with Gasteiger partial charge in [0.05, 0.1) is 7.11 Å². The summed E-state index contributed by atoms with van der Waals surface area (Å²) in [6.45, 7) is 0. The largest absolute Gasteiger partial charge is 0.465 e.